The Bertz CT molecular complexity index is 604. The Morgan fingerprint density at radius 2 is 2.16 bits per heavy atom. The minimum Gasteiger partial charge on any atom is -0.496 e. The first-order chi connectivity index (χ1) is 9.20. The van der Waals surface area contributed by atoms with Crippen molar-refractivity contribution in [1.29, 1.82) is 0 Å². The van der Waals surface area contributed by atoms with E-state index in [-0.39, 0.29) is 11.5 Å². The summed E-state index contributed by atoms with van der Waals surface area (Å²) in [5.74, 6) is 0.851. The van der Waals surface area contributed by atoms with Crippen molar-refractivity contribution < 1.29 is 9.53 Å². The van der Waals surface area contributed by atoms with E-state index in [1.807, 2.05) is 24.3 Å². The molecule has 0 unspecified atom stereocenters. The molecule has 1 aliphatic rings. The molecule has 0 saturated heterocycles. The van der Waals surface area contributed by atoms with Gasteiger partial charge in [-0.15, -0.1) is 10.2 Å². The van der Waals surface area contributed by atoms with Crippen LogP contribution in [0.4, 0.5) is 4.79 Å². The van der Waals surface area contributed by atoms with Gasteiger partial charge < -0.3 is 4.74 Å². The molecule has 7 nitrogen and oxygen atoms in total. The molecule has 1 heterocycles. The second-order valence-corrected chi connectivity index (χ2v) is 3.51. The number of hydrogen-bond acceptors (Lipinski definition) is 5. The summed E-state index contributed by atoms with van der Waals surface area (Å²) in [6, 6.07) is 6.75. The van der Waals surface area contributed by atoms with E-state index in [1.54, 1.807) is 7.11 Å². The zero-order chi connectivity index (χ0) is 13.7. The number of hydrogen-bond donors (Lipinski definition) is 1. The monoisotopic (exact) mass is 257 g/mol. The summed E-state index contributed by atoms with van der Waals surface area (Å²) in [7, 11) is 1.57. The fourth-order valence-corrected chi connectivity index (χ4v) is 1.36. The van der Waals surface area contributed by atoms with Gasteiger partial charge in [-0.3, -0.25) is 5.32 Å². The van der Waals surface area contributed by atoms with Crippen LogP contribution in [0.3, 0.4) is 0 Å². The molecule has 0 saturated carbocycles. The second-order valence-electron chi connectivity index (χ2n) is 3.51. The number of urea groups is 1. The van der Waals surface area contributed by atoms with Crippen LogP contribution >= 0.6 is 0 Å². The van der Waals surface area contributed by atoms with Gasteiger partial charge in [0.25, 0.3) is 0 Å². The van der Waals surface area contributed by atoms with Crippen molar-refractivity contribution in [3.05, 3.63) is 42.1 Å². The average molecular weight is 257 g/mol. The first-order valence-electron chi connectivity index (χ1n) is 5.37. The van der Waals surface area contributed by atoms with Crippen molar-refractivity contribution in [2.45, 2.75) is 0 Å². The lowest BCUT2D eigenvalue weighted by Gasteiger charge is -2.07. The molecule has 0 spiro atoms. The van der Waals surface area contributed by atoms with Gasteiger partial charge in [-0.25, -0.2) is 4.79 Å². The molecule has 0 fully saturated rings. The van der Waals surface area contributed by atoms with Crippen LogP contribution in [0, 0.1) is 0 Å². The lowest BCUT2D eigenvalue weighted by molar-refractivity contribution is 0.251. The molecule has 0 radical (unpaired) electrons. The van der Waals surface area contributed by atoms with Gasteiger partial charge in [0.1, 0.15) is 11.4 Å². The van der Waals surface area contributed by atoms with Gasteiger partial charge in [0.05, 0.1) is 13.3 Å². The van der Waals surface area contributed by atoms with E-state index in [1.165, 1.54) is 6.21 Å². The van der Waals surface area contributed by atoms with Crippen LogP contribution in [-0.2, 0) is 0 Å². The fraction of sp³-hybridized carbons (Fsp3) is 0.0833. The Morgan fingerprint density at radius 3 is 2.95 bits per heavy atom. The van der Waals surface area contributed by atoms with Crippen molar-refractivity contribution in [2.75, 3.05) is 7.11 Å². The topological polar surface area (TPSA) is 87.8 Å². The molecule has 7 heteroatoms. The quantitative estimate of drug-likeness (QED) is 0.664. The molecular weight excluding hydrogens is 246 g/mol. The van der Waals surface area contributed by atoms with Crippen molar-refractivity contribution >= 4 is 18.1 Å². The van der Waals surface area contributed by atoms with Crippen LogP contribution in [0.2, 0.25) is 0 Å². The van der Waals surface area contributed by atoms with Crippen LogP contribution in [0.1, 0.15) is 5.56 Å². The highest BCUT2D eigenvalue weighted by molar-refractivity contribution is 6.08. The largest absolute Gasteiger partial charge is 0.496 e. The first kappa shape index (κ1) is 12.6. The standard InChI is InChI=1S/C12H11N5O2/c1-8-11(14-12(18)17-15-8)16-13-7-9-5-3-4-6-10(9)19-2/h3-7H,1H2,2H3,(H,14,16,18)/b13-7+. The minimum atomic E-state index is -0.598. The van der Waals surface area contributed by atoms with E-state index in [4.69, 9.17) is 4.74 Å². The molecule has 0 atom stereocenters. The van der Waals surface area contributed by atoms with Gasteiger partial charge in [0.2, 0.25) is 0 Å². The number of methoxy groups -OCH3 is 1. The zero-order valence-electron chi connectivity index (χ0n) is 10.2. The number of nitrogens with zero attached hydrogens (tertiary/aromatic N) is 4. The van der Waals surface area contributed by atoms with E-state index in [2.05, 4.69) is 32.3 Å². The SMILES string of the molecule is C=C1N=NC(=O)N/C1=N/N=C/c1ccccc1OC. The molecule has 2 amide bonds. The van der Waals surface area contributed by atoms with Crippen LogP contribution in [-0.4, -0.2) is 25.2 Å². The Hall–Kier alpha value is -2.83. The van der Waals surface area contributed by atoms with Crippen LogP contribution < -0.4 is 10.1 Å². The average Bonchev–Trinajstić information content (AvgIpc) is 2.43. The molecule has 1 N–H and O–H groups in total. The van der Waals surface area contributed by atoms with Crippen molar-refractivity contribution in [3.8, 4) is 5.75 Å². The molecule has 1 aromatic carbocycles. The normalized spacial score (nSPS) is 17.0. The highest BCUT2D eigenvalue weighted by atomic mass is 16.5. The Kier molecular flexibility index (Phi) is 3.77. The highest BCUT2D eigenvalue weighted by Gasteiger charge is 2.13. The third kappa shape index (κ3) is 3.09. The van der Waals surface area contributed by atoms with Crippen LogP contribution in [0.5, 0.6) is 5.75 Å². The molecular formula is C12H11N5O2. The van der Waals surface area contributed by atoms with Crippen molar-refractivity contribution in [3.63, 3.8) is 0 Å². The second kappa shape index (κ2) is 5.67. The van der Waals surface area contributed by atoms with Gasteiger partial charge in [0, 0.05) is 5.56 Å². The third-order valence-corrected chi connectivity index (χ3v) is 2.25. The summed E-state index contributed by atoms with van der Waals surface area (Å²) < 4.78 is 5.17. The van der Waals surface area contributed by atoms with E-state index in [0.29, 0.717) is 5.75 Å². The summed E-state index contributed by atoms with van der Waals surface area (Å²) in [6.07, 6.45) is 1.51. The van der Waals surface area contributed by atoms with Crippen molar-refractivity contribution in [1.82, 2.24) is 5.32 Å². The fourth-order valence-electron chi connectivity index (χ4n) is 1.36. The zero-order valence-corrected chi connectivity index (χ0v) is 10.2. The smallest absolute Gasteiger partial charge is 0.365 e. The number of rotatable bonds is 3. The lowest BCUT2D eigenvalue weighted by atomic mass is 10.2. The summed E-state index contributed by atoms with van der Waals surface area (Å²) in [5, 5.41) is 16.9. The molecule has 0 bridgehead atoms. The number of amidine groups is 1. The van der Waals surface area contributed by atoms with E-state index < -0.39 is 6.03 Å². The number of benzene rings is 1. The molecule has 0 aromatic heterocycles. The lowest BCUT2D eigenvalue weighted by Crippen LogP contribution is -2.31. The molecule has 2 rings (SSSR count). The minimum absolute atomic E-state index is 0.172. The van der Waals surface area contributed by atoms with Gasteiger partial charge in [-0.05, 0) is 12.1 Å². The number of carbonyl (C=O) groups is 1. The summed E-state index contributed by atoms with van der Waals surface area (Å²) in [6.45, 7) is 3.58. The van der Waals surface area contributed by atoms with Crippen molar-refractivity contribution in [2.24, 2.45) is 20.4 Å². The van der Waals surface area contributed by atoms with E-state index in [0.717, 1.165) is 5.56 Å². The molecule has 19 heavy (non-hydrogen) atoms. The summed E-state index contributed by atoms with van der Waals surface area (Å²) >= 11 is 0. The van der Waals surface area contributed by atoms with Crippen LogP contribution in [0.25, 0.3) is 0 Å². The Morgan fingerprint density at radius 1 is 1.37 bits per heavy atom. The number of nitrogens with one attached hydrogen (secondary N) is 1. The van der Waals surface area contributed by atoms with E-state index >= 15 is 0 Å². The predicted molar refractivity (Wildman–Crippen MR) is 70.6 cm³/mol. The molecule has 96 valence electrons. The number of amides is 2. The molecule has 1 aliphatic heterocycles. The number of ether oxygens (including phenoxy) is 1. The number of para-hydroxylation sites is 1. The molecule has 1 aromatic rings. The van der Waals surface area contributed by atoms with Gasteiger partial charge in [0.15, 0.2) is 5.84 Å². The summed E-state index contributed by atoms with van der Waals surface area (Å²) in [5.41, 5.74) is 1.01. The number of azo groups is 1. The number of carbonyl (C=O) groups excluding carboxylic acids is 1. The predicted octanol–water partition coefficient (Wildman–Crippen LogP) is 2.12. The molecule has 0 aliphatic carbocycles. The van der Waals surface area contributed by atoms with Gasteiger partial charge in [-0.1, -0.05) is 23.8 Å². The Balaban J connectivity index is 2.17. The first-order valence-corrected chi connectivity index (χ1v) is 5.37. The highest BCUT2D eigenvalue weighted by Crippen LogP contribution is 2.14. The van der Waals surface area contributed by atoms with Gasteiger partial charge in [-0.2, -0.15) is 5.10 Å². The summed E-state index contributed by atoms with van der Waals surface area (Å²) in [4.78, 5) is 11.0. The Labute approximate surface area is 109 Å². The van der Waals surface area contributed by atoms with Crippen LogP contribution in [0.15, 0.2) is 57.0 Å². The van der Waals surface area contributed by atoms with Gasteiger partial charge >= 0.3 is 6.03 Å². The maximum absolute atomic E-state index is 11.0. The van der Waals surface area contributed by atoms with E-state index in [9.17, 15) is 4.79 Å². The third-order valence-electron chi connectivity index (χ3n) is 2.25. The maximum Gasteiger partial charge on any atom is 0.365 e. The maximum atomic E-state index is 11.0.